The molecule has 1 unspecified atom stereocenters. The maximum absolute atomic E-state index is 12.4. The smallest absolute Gasteiger partial charge is 0.227 e. The number of nitrogens with one attached hydrogen (secondary N) is 2. The molecule has 1 aromatic carbocycles. The van der Waals surface area contributed by atoms with Crippen molar-refractivity contribution in [1.29, 1.82) is 0 Å². The third kappa shape index (κ3) is 3.54. The highest BCUT2D eigenvalue weighted by Crippen LogP contribution is 2.31. The van der Waals surface area contributed by atoms with Crippen molar-refractivity contribution < 1.29 is 9.53 Å². The average molecular weight is 289 g/mol. The quantitative estimate of drug-likeness (QED) is 0.869. The molecule has 114 valence electrons. The van der Waals surface area contributed by atoms with Crippen LogP contribution in [0.2, 0.25) is 0 Å². The first-order chi connectivity index (χ1) is 10.3. The molecule has 1 fully saturated rings. The maximum Gasteiger partial charge on any atom is 0.227 e. The summed E-state index contributed by atoms with van der Waals surface area (Å²) in [6.45, 7) is 6.01. The Kier molecular flexibility index (Phi) is 4.72. The summed E-state index contributed by atoms with van der Waals surface area (Å²) in [6.07, 6.45) is 0.862. The largest absolute Gasteiger partial charge is 0.385 e. The van der Waals surface area contributed by atoms with Gasteiger partial charge in [0, 0.05) is 38.4 Å². The number of morpholine rings is 1. The van der Waals surface area contributed by atoms with E-state index in [0.717, 1.165) is 57.1 Å². The number of rotatable bonds is 4. The molecule has 0 saturated carbocycles. The van der Waals surface area contributed by atoms with Crippen LogP contribution in [-0.4, -0.2) is 56.7 Å². The highest BCUT2D eigenvalue weighted by Gasteiger charge is 2.25. The molecule has 2 aliphatic heterocycles. The molecular formula is C16H23N3O2. The van der Waals surface area contributed by atoms with Gasteiger partial charge in [0.15, 0.2) is 0 Å². The van der Waals surface area contributed by atoms with E-state index in [9.17, 15) is 4.79 Å². The van der Waals surface area contributed by atoms with Gasteiger partial charge in [-0.1, -0.05) is 18.2 Å². The fraction of sp³-hybridized carbons (Fsp3) is 0.562. The minimum Gasteiger partial charge on any atom is -0.385 e. The van der Waals surface area contributed by atoms with Crippen LogP contribution in [0.4, 0.5) is 5.69 Å². The molecule has 1 atom stereocenters. The average Bonchev–Trinajstić information content (AvgIpc) is 2.55. The minimum atomic E-state index is -0.0212. The van der Waals surface area contributed by atoms with E-state index in [1.807, 2.05) is 24.3 Å². The van der Waals surface area contributed by atoms with Crippen LogP contribution >= 0.6 is 0 Å². The second kappa shape index (κ2) is 6.91. The Morgan fingerprint density at radius 3 is 3.00 bits per heavy atom. The number of para-hydroxylation sites is 1. The van der Waals surface area contributed by atoms with Crippen molar-refractivity contribution in [3.63, 3.8) is 0 Å². The Hall–Kier alpha value is -1.59. The van der Waals surface area contributed by atoms with Crippen molar-refractivity contribution in [3.05, 3.63) is 29.8 Å². The van der Waals surface area contributed by atoms with E-state index in [1.165, 1.54) is 0 Å². The summed E-state index contributed by atoms with van der Waals surface area (Å²) >= 11 is 0. The van der Waals surface area contributed by atoms with Crippen LogP contribution in [0.5, 0.6) is 0 Å². The van der Waals surface area contributed by atoms with Crippen molar-refractivity contribution in [1.82, 2.24) is 10.2 Å². The Bertz CT molecular complexity index is 486. The maximum atomic E-state index is 12.4. The van der Waals surface area contributed by atoms with Crippen LogP contribution < -0.4 is 10.6 Å². The van der Waals surface area contributed by atoms with E-state index < -0.39 is 0 Å². The summed E-state index contributed by atoms with van der Waals surface area (Å²) < 4.78 is 5.33. The van der Waals surface area contributed by atoms with Gasteiger partial charge in [-0.25, -0.2) is 0 Å². The zero-order chi connectivity index (χ0) is 14.5. The molecule has 0 aromatic heterocycles. The van der Waals surface area contributed by atoms with Gasteiger partial charge >= 0.3 is 0 Å². The number of hydrogen-bond acceptors (Lipinski definition) is 4. The number of benzene rings is 1. The van der Waals surface area contributed by atoms with E-state index in [-0.39, 0.29) is 11.8 Å². The van der Waals surface area contributed by atoms with Gasteiger partial charge in [0.1, 0.15) is 0 Å². The molecule has 21 heavy (non-hydrogen) atoms. The predicted molar refractivity (Wildman–Crippen MR) is 82.6 cm³/mol. The van der Waals surface area contributed by atoms with Gasteiger partial charge in [0.2, 0.25) is 5.91 Å². The van der Waals surface area contributed by atoms with Gasteiger partial charge in [0.05, 0.1) is 19.1 Å². The molecule has 3 rings (SSSR count). The van der Waals surface area contributed by atoms with Gasteiger partial charge < -0.3 is 15.4 Å². The van der Waals surface area contributed by atoms with Gasteiger partial charge in [-0.15, -0.1) is 0 Å². The monoisotopic (exact) mass is 289 g/mol. The molecule has 1 aromatic rings. The molecule has 0 bridgehead atoms. The number of nitrogens with zero attached hydrogens (tertiary/aromatic N) is 1. The van der Waals surface area contributed by atoms with Crippen LogP contribution in [-0.2, 0) is 9.53 Å². The fourth-order valence-electron chi connectivity index (χ4n) is 3.03. The number of carbonyl (C=O) groups is 1. The summed E-state index contributed by atoms with van der Waals surface area (Å²) in [6, 6.07) is 8.10. The van der Waals surface area contributed by atoms with Crippen LogP contribution in [0.15, 0.2) is 24.3 Å². The van der Waals surface area contributed by atoms with Gasteiger partial charge in [-0.2, -0.15) is 0 Å². The van der Waals surface area contributed by atoms with E-state index >= 15 is 0 Å². The second-order valence-electron chi connectivity index (χ2n) is 5.60. The summed E-state index contributed by atoms with van der Waals surface area (Å²) in [5.74, 6) is 0.129. The SMILES string of the molecule is O=C(NCCN1CCOCC1)C1CCNc2ccccc21. The van der Waals surface area contributed by atoms with Crippen molar-refractivity contribution in [3.8, 4) is 0 Å². The number of amides is 1. The fourth-order valence-corrected chi connectivity index (χ4v) is 3.03. The first-order valence-electron chi connectivity index (χ1n) is 7.75. The van der Waals surface area contributed by atoms with Crippen LogP contribution in [0.25, 0.3) is 0 Å². The van der Waals surface area contributed by atoms with Crippen LogP contribution in [0, 0.1) is 0 Å². The zero-order valence-electron chi connectivity index (χ0n) is 12.3. The molecule has 5 heteroatoms. The number of ether oxygens (including phenoxy) is 1. The standard InChI is InChI=1S/C16H23N3O2/c20-16(18-7-8-19-9-11-21-12-10-19)14-5-6-17-15-4-2-1-3-13(14)15/h1-4,14,17H,5-12H2,(H,18,20). The predicted octanol–water partition coefficient (Wildman–Crippen LogP) is 1.03. The van der Waals surface area contributed by atoms with Crippen molar-refractivity contribution in [2.75, 3.05) is 51.3 Å². The molecule has 0 aliphatic carbocycles. The Labute approximate surface area is 125 Å². The number of anilines is 1. The van der Waals surface area contributed by atoms with Gasteiger partial charge in [-0.3, -0.25) is 9.69 Å². The van der Waals surface area contributed by atoms with E-state index in [1.54, 1.807) is 0 Å². The molecule has 5 nitrogen and oxygen atoms in total. The number of hydrogen-bond donors (Lipinski definition) is 2. The van der Waals surface area contributed by atoms with Crippen LogP contribution in [0.3, 0.4) is 0 Å². The van der Waals surface area contributed by atoms with E-state index in [0.29, 0.717) is 6.54 Å². The van der Waals surface area contributed by atoms with Gasteiger partial charge in [0.25, 0.3) is 0 Å². The highest BCUT2D eigenvalue weighted by atomic mass is 16.5. The molecular weight excluding hydrogens is 266 g/mol. The van der Waals surface area contributed by atoms with Crippen molar-refractivity contribution in [2.45, 2.75) is 12.3 Å². The number of carbonyl (C=O) groups excluding carboxylic acids is 1. The first-order valence-corrected chi connectivity index (χ1v) is 7.75. The zero-order valence-corrected chi connectivity index (χ0v) is 12.3. The Morgan fingerprint density at radius 1 is 1.33 bits per heavy atom. The number of fused-ring (bicyclic) bond motifs is 1. The van der Waals surface area contributed by atoms with E-state index in [4.69, 9.17) is 4.74 Å². The normalized spacial score (nSPS) is 22.2. The highest BCUT2D eigenvalue weighted by molar-refractivity contribution is 5.86. The first kappa shape index (κ1) is 14.4. The third-order valence-electron chi connectivity index (χ3n) is 4.23. The third-order valence-corrected chi connectivity index (χ3v) is 4.23. The molecule has 1 saturated heterocycles. The minimum absolute atomic E-state index is 0.0212. The summed E-state index contributed by atoms with van der Waals surface area (Å²) in [5, 5.41) is 6.44. The van der Waals surface area contributed by atoms with Gasteiger partial charge in [-0.05, 0) is 18.1 Å². The van der Waals surface area contributed by atoms with E-state index in [2.05, 4.69) is 15.5 Å². The lowest BCUT2D eigenvalue weighted by Crippen LogP contribution is -2.42. The lowest BCUT2D eigenvalue weighted by Gasteiger charge is -2.28. The summed E-state index contributed by atoms with van der Waals surface area (Å²) in [7, 11) is 0. The molecule has 2 heterocycles. The van der Waals surface area contributed by atoms with Crippen molar-refractivity contribution in [2.24, 2.45) is 0 Å². The van der Waals surface area contributed by atoms with Crippen LogP contribution in [0.1, 0.15) is 17.9 Å². The molecule has 0 spiro atoms. The van der Waals surface area contributed by atoms with Crippen molar-refractivity contribution >= 4 is 11.6 Å². The summed E-state index contributed by atoms with van der Waals surface area (Å²) in [5.41, 5.74) is 2.21. The lowest BCUT2D eigenvalue weighted by molar-refractivity contribution is -0.122. The second-order valence-corrected chi connectivity index (χ2v) is 5.60. The molecule has 2 aliphatic rings. The lowest BCUT2D eigenvalue weighted by atomic mass is 9.90. The Morgan fingerprint density at radius 2 is 2.14 bits per heavy atom. The molecule has 2 N–H and O–H groups in total. The summed E-state index contributed by atoms with van der Waals surface area (Å²) in [4.78, 5) is 14.8. The topological polar surface area (TPSA) is 53.6 Å². The molecule has 0 radical (unpaired) electrons. The Balaban J connectivity index is 1.51. The molecule has 1 amide bonds.